The third-order valence-corrected chi connectivity index (χ3v) is 10.3. The van der Waals surface area contributed by atoms with Crippen molar-refractivity contribution in [3.8, 4) is 0 Å². The first-order chi connectivity index (χ1) is 8.92. The van der Waals surface area contributed by atoms with Crippen LogP contribution < -0.4 is 10.9 Å². The van der Waals surface area contributed by atoms with Gasteiger partial charge in [-0.3, -0.25) is 0 Å². The van der Waals surface area contributed by atoms with Gasteiger partial charge in [-0.15, -0.1) is 0 Å². The summed E-state index contributed by atoms with van der Waals surface area (Å²) in [5.41, 5.74) is 3.56. The molecule has 2 heterocycles. The van der Waals surface area contributed by atoms with Crippen LogP contribution in [-0.4, -0.2) is 27.2 Å². The average Bonchev–Trinajstić information content (AvgIpc) is 2.90. The standard InChI is InChI=1S/C14H24N4Si/c1-11(2)19(12(3)4,13-15-7-9-17(13)5)14-16-8-10-18(14)6/h7-12H,1-6H3. The van der Waals surface area contributed by atoms with Crippen LogP contribution in [0, 0.1) is 0 Å². The topological polar surface area (TPSA) is 35.6 Å². The zero-order valence-corrected chi connectivity index (χ0v) is 13.8. The molecule has 0 aliphatic heterocycles. The van der Waals surface area contributed by atoms with Gasteiger partial charge in [0.05, 0.1) is 10.9 Å². The molecule has 0 fully saturated rings. The minimum absolute atomic E-state index is 0.551. The van der Waals surface area contributed by atoms with Gasteiger partial charge < -0.3 is 9.13 Å². The van der Waals surface area contributed by atoms with Gasteiger partial charge in [0.2, 0.25) is 8.07 Å². The van der Waals surface area contributed by atoms with Crippen LogP contribution in [0.25, 0.3) is 0 Å². The minimum Gasteiger partial charge on any atom is -0.342 e. The molecule has 2 rings (SSSR count). The number of aryl methyl sites for hydroxylation is 2. The van der Waals surface area contributed by atoms with Gasteiger partial charge in [0.15, 0.2) is 0 Å². The van der Waals surface area contributed by atoms with Gasteiger partial charge in [0, 0.05) is 38.9 Å². The molecule has 4 nitrogen and oxygen atoms in total. The van der Waals surface area contributed by atoms with E-state index in [0.717, 1.165) is 0 Å². The molecule has 0 saturated carbocycles. The van der Waals surface area contributed by atoms with Crippen LogP contribution in [0.15, 0.2) is 24.8 Å². The maximum absolute atomic E-state index is 4.70. The Balaban J connectivity index is 2.76. The Hall–Kier alpha value is -1.36. The highest BCUT2D eigenvalue weighted by atomic mass is 28.3. The zero-order chi connectivity index (χ0) is 14.2. The molecule has 2 aromatic heterocycles. The molecule has 104 valence electrons. The Labute approximate surface area is 116 Å². The molecule has 0 aliphatic rings. The van der Waals surface area contributed by atoms with Crippen LogP contribution >= 0.6 is 0 Å². The van der Waals surface area contributed by atoms with Crippen molar-refractivity contribution in [1.82, 2.24) is 19.1 Å². The van der Waals surface area contributed by atoms with Crippen LogP contribution in [0.5, 0.6) is 0 Å². The Morgan fingerprint density at radius 1 is 0.842 bits per heavy atom. The summed E-state index contributed by atoms with van der Waals surface area (Å²) in [6.07, 6.45) is 7.91. The Kier molecular flexibility index (Phi) is 3.67. The highest BCUT2D eigenvalue weighted by Gasteiger charge is 2.50. The largest absolute Gasteiger partial charge is 0.342 e. The van der Waals surface area contributed by atoms with E-state index in [9.17, 15) is 0 Å². The van der Waals surface area contributed by atoms with E-state index in [1.54, 1.807) is 0 Å². The number of hydrogen-bond acceptors (Lipinski definition) is 2. The van der Waals surface area contributed by atoms with Gasteiger partial charge in [0.1, 0.15) is 0 Å². The SMILES string of the molecule is CC(C)[Si](c1nccn1C)(c1nccn1C)C(C)C. The molecule has 0 unspecified atom stereocenters. The Bertz CT molecular complexity index is 503. The smallest absolute Gasteiger partial charge is 0.211 e. The molecule has 0 saturated heterocycles. The molecule has 0 aliphatic carbocycles. The summed E-state index contributed by atoms with van der Waals surface area (Å²) < 4.78 is 4.36. The first-order valence-electron chi connectivity index (χ1n) is 6.88. The lowest BCUT2D eigenvalue weighted by atomic mass is 10.5. The Morgan fingerprint density at radius 3 is 1.42 bits per heavy atom. The summed E-state index contributed by atoms with van der Waals surface area (Å²) in [6, 6.07) is 0. The van der Waals surface area contributed by atoms with E-state index in [4.69, 9.17) is 9.97 Å². The van der Waals surface area contributed by atoms with Crippen molar-refractivity contribution in [1.29, 1.82) is 0 Å². The monoisotopic (exact) mass is 276 g/mol. The van der Waals surface area contributed by atoms with E-state index in [1.807, 2.05) is 24.8 Å². The summed E-state index contributed by atoms with van der Waals surface area (Å²) in [5, 5.41) is 0. The quantitative estimate of drug-likeness (QED) is 0.794. The number of rotatable bonds is 4. The molecule has 0 spiro atoms. The normalized spacial score (nSPS) is 12.6. The molecular formula is C14H24N4Si. The highest BCUT2D eigenvalue weighted by molar-refractivity contribution is 7.02. The van der Waals surface area contributed by atoms with Crippen LogP contribution in [-0.2, 0) is 14.1 Å². The van der Waals surface area contributed by atoms with Crippen molar-refractivity contribution >= 4 is 19.0 Å². The molecule has 2 aromatic rings. The van der Waals surface area contributed by atoms with Gasteiger partial charge in [-0.2, -0.15) is 0 Å². The molecule has 0 atom stereocenters. The second kappa shape index (κ2) is 4.96. The van der Waals surface area contributed by atoms with Gasteiger partial charge in [0.25, 0.3) is 0 Å². The molecule has 0 bridgehead atoms. The number of nitrogens with zero attached hydrogens (tertiary/aromatic N) is 4. The molecule has 0 aromatic carbocycles. The fourth-order valence-corrected chi connectivity index (χ4v) is 8.82. The zero-order valence-electron chi connectivity index (χ0n) is 12.8. The van der Waals surface area contributed by atoms with Crippen molar-refractivity contribution in [3.63, 3.8) is 0 Å². The van der Waals surface area contributed by atoms with E-state index in [1.165, 1.54) is 10.9 Å². The maximum Gasteiger partial charge on any atom is 0.211 e. The second-order valence-corrected chi connectivity index (χ2v) is 10.8. The molecular weight excluding hydrogens is 252 g/mol. The third-order valence-electron chi connectivity index (χ3n) is 4.20. The first-order valence-corrected chi connectivity index (χ1v) is 9.03. The summed E-state index contributed by atoms with van der Waals surface area (Å²) in [6.45, 7) is 9.26. The molecule has 19 heavy (non-hydrogen) atoms. The molecule has 0 amide bonds. The molecule has 5 heteroatoms. The van der Waals surface area contributed by atoms with Crippen molar-refractivity contribution in [2.24, 2.45) is 14.1 Å². The van der Waals surface area contributed by atoms with E-state index in [-0.39, 0.29) is 0 Å². The molecule has 0 radical (unpaired) electrons. The Morgan fingerprint density at radius 2 is 1.21 bits per heavy atom. The summed E-state index contributed by atoms with van der Waals surface area (Å²) in [5.74, 6) is 0. The van der Waals surface area contributed by atoms with Crippen LogP contribution in [0.3, 0.4) is 0 Å². The second-order valence-electron chi connectivity index (χ2n) is 5.90. The molecule has 0 N–H and O–H groups in total. The number of imidazole rings is 2. The third kappa shape index (κ3) is 1.96. The van der Waals surface area contributed by atoms with Crippen molar-refractivity contribution in [2.45, 2.75) is 38.8 Å². The summed E-state index contributed by atoms with van der Waals surface area (Å²) in [4.78, 5) is 9.40. The first kappa shape index (κ1) is 14.1. The van der Waals surface area contributed by atoms with Gasteiger partial charge in [-0.25, -0.2) is 9.97 Å². The average molecular weight is 276 g/mol. The fraction of sp³-hybridized carbons (Fsp3) is 0.571. The van der Waals surface area contributed by atoms with Gasteiger partial charge >= 0.3 is 0 Å². The fourth-order valence-electron chi connectivity index (χ4n) is 3.33. The lowest BCUT2D eigenvalue weighted by molar-refractivity contribution is 0.855. The predicted molar refractivity (Wildman–Crippen MR) is 81.6 cm³/mol. The maximum atomic E-state index is 4.70. The number of aromatic nitrogens is 4. The lowest BCUT2D eigenvalue weighted by Gasteiger charge is -2.37. The summed E-state index contributed by atoms with van der Waals surface area (Å²) >= 11 is 0. The van der Waals surface area contributed by atoms with Crippen LogP contribution in [0.4, 0.5) is 0 Å². The number of hydrogen-bond donors (Lipinski definition) is 0. The predicted octanol–water partition coefficient (Wildman–Crippen LogP) is 1.54. The van der Waals surface area contributed by atoms with Crippen molar-refractivity contribution in [3.05, 3.63) is 24.8 Å². The highest BCUT2D eigenvalue weighted by Crippen LogP contribution is 2.30. The van der Waals surface area contributed by atoms with Crippen LogP contribution in [0.2, 0.25) is 11.1 Å². The van der Waals surface area contributed by atoms with Crippen molar-refractivity contribution < 1.29 is 0 Å². The van der Waals surface area contributed by atoms with Crippen molar-refractivity contribution in [2.75, 3.05) is 0 Å². The van der Waals surface area contributed by atoms with E-state index < -0.39 is 8.07 Å². The van der Waals surface area contributed by atoms with Gasteiger partial charge in [-0.05, 0) is 11.1 Å². The van der Waals surface area contributed by atoms with E-state index in [0.29, 0.717) is 11.1 Å². The van der Waals surface area contributed by atoms with E-state index in [2.05, 4.69) is 50.9 Å². The minimum atomic E-state index is -1.98. The lowest BCUT2D eigenvalue weighted by Crippen LogP contribution is -2.68. The van der Waals surface area contributed by atoms with E-state index >= 15 is 0 Å². The summed E-state index contributed by atoms with van der Waals surface area (Å²) in [7, 11) is 2.21. The van der Waals surface area contributed by atoms with Gasteiger partial charge in [-0.1, -0.05) is 27.7 Å². The van der Waals surface area contributed by atoms with Crippen LogP contribution in [0.1, 0.15) is 27.7 Å².